The summed E-state index contributed by atoms with van der Waals surface area (Å²) in [5.74, 6) is -0.145. The molecule has 0 aromatic carbocycles. The summed E-state index contributed by atoms with van der Waals surface area (Å²) < 4.78 is 28.1. The third-order valence-corrected chi connectivity index (χ3v) is 6.95. The summed E-state index contributed by atoms with van der Waals surface area (Å²) >= 11 is 3.31. The first-order chi connectivity index (χ1) is 12.3. The fourth-order valence-corrected chi connectivity index (χ4v) is 5.26. The summed E-state index contributed by atoms with van der Waals surface area (Å²) in [5.41, 5.74) is 1.47. The molecule has 1 aliphatic rings. The normalized spacial score (nSPS) is 16.5. The minimum atomic E-state index is -3.64. The number of aryl methyl sites for hydroxylation is 2. The van der Waals surface area contributed by atoms with Gasteiger partial charge >= 0.3 is 0 Å². The van der Waals surface area contributed by atoms with Crippen molar-refractivity contribution in [2.45, 2.75) is 25.2 Å². The number of nitrogens with one attached hydrogen (secondary N) is 1. The summed E-state index contributed by atoms with van der Waals surface area (Å²) in [6.07, 6.45) is 3.70. The topological polar surface area (TPSA) is 99.3 Å². The van der Waals surface area contributed by atoms with E-state index >= 15 is 0 Å². The van der Waals surface area contributed by atoms with Crippen molar-refractivity contribution in [3.63, 3.8) is 0 Å². The molecule has 0 atom stereocenters. The zero-order chi connectivity index (χ0) is 18.9. The van der Waals surface area contributed by atoms with Crippen molar-refractivity contribution in [2.24, 2.45) is 0 Å². The number of carbonyl (C=O) groups is 1. The van der Waals surface area contributed by atoms with Gasteiger partial charge in [0.2, 0.25) is 10.0 Å². The zero-order valence-electron chi connectivity index (χ0n) is 14.6. The van der Waals surface area contributed by atoms with Gasteiger partial charge in [0.15, 0.2) is 0 Å². The van der Waals surface area contributed by atoms with E-state index in [2.05, 4.69) is 31.1 Å². The molecular weight excluding hydrogens is 422 g/mol. The molecule has 1 amide bonds. The van der Waals surface area contributed by atoms with Crippen LogP contribution in [0, 0.1) is 13.8 Å². The molecule has 1 N–H and O–H groups in total. The van der Waals surface area contributed by atoms with Crippen LogP contribution < -0.4 is 0 Å². The van der Waals surface area contributed by atoms with Crippen molar-refractivity contribution < 1.29 is 13.2 Å². The lowest BCUT2D eigenvalue weighted by atomic mass is 10.2. The first-order valence-electron chi connectivity index (χ1n) is 8.22. The Hall–Kier alpha value is -1.78. The van der Waals surface area contributed by atoms with Crippen molar-refractivity contribution in [1.29, 1.82) is 0 Å². The van der Waals surface area contributed by atoms with Gasteiger partial charge < -0.3 is 4.90 Å². The van der Waals surface area contributed by atoms with Gasteiger partial charge in [-0.25, -0.2) is 8.42 Å². The smallest absolute Gasteiger partial charge is 0.255 e. The molecule has 10 heteroatoms. The Kier molecular flexibility index (Phi) is 5.44. The quantitative estimate of drug-likeness (QED) is 0.781. The Balaban J connectivity index is 1.77. The van der Waals surface area contributed by atoms with E-state index in [0.29, 0.717) is 43.0 Å². The van der Waals surface area contributed by atoms with Crippen LogP contribution in [0.3, 0.4) is 0 Å². The molecule has 140 valence electrons. The van der Waals surface area contributed by atoms with E-state index in [1.807, 2.05) is 0 Å². The van der Waals surface area contributed by atoms with Crippen LogP contribution in [0.15, 0.2) is 27.8 Å². The van der Waals surface area contributed by atoms with Gasteiger partial charge in [0, 0.05) is 43.0 Å². The molecule has 2 aromatic rings. The first-order valence-corrected chi connectivity index (χ1v) is 10.5. The lowest BCUT2D eigenvalue weighted by molar-refractivity contribution is 0.0763. The minimum Gasteiger partial charge on any atom is -0.337 e. The molecule has 3 heterocycles. The molecule has 0 radical (unpaired) electrons. The maximum absolute atomic E-state index is 13.0. The van der Waals surface area contributed by atoms with Gasteiger partial charge in [-0.2, -0.15) is 9.40 Å². The minimum absolute atomic E-state index is 0.145. The molecule has 1 saturated heterocycles. The molecule has 26 heavy (non-hydrogen) atoms. The molecule has 0 bridgehead atoms. The largest absolute Gasteiger partial charge is 0.337 e. The Bertz CT molecular complexity index is 908. The van der Waals surface area contributed by atoms with E-state index in [4.69, 9.17) is 0 Å². The SMILES string of the molecule is Cc1n[nH]c(C)c1S(=O)(=O)N1CCCN(C(=O)c2cncc(Br)c2)CC1. The van der Waals surface area contributed by atoms with Gasteiger partial charge in [0.25, 0.3) is 5.91 Å². The highest BCUT2D eigenvalue weighted by Gasteiger charge is 2.32. The molecule has 0 unspecified atom stereocenters. The lowest BCUT2D eigenvalue weighted by Gasteiger charge is -2.22. The zero-order valence-corrected chi connectivity index (χ0v) is 17.0. The van der Waals surface area contributed by atoms with Crippen molar-refractivity contribution in [3.8, 4) is 0 Å². The number of H-pyrrole nitrogens is 1. The molecule has 1 fully saturated rings. The molecule has 0 spiro atoms. The van der Waals surface area contributed by atoms with Gasteiger partial charge in [0.05, 0.1) is 17.0 Å². The number of amides is 1. The third kappa shape index (κ3) is 3.67. The van der Waals surface area contributed by atoms with E-state index in [1.54, 1.807) is 31.0 Å². The van der Waals surface area contributed by atoms with Gasteiger partial charge in [-0.1, -0.05) is 0 Å². The number of carbonyl (C=O) groups excluding carboxylic acids is 1. The maximum atomic E-state index is 13.0. The average Bonchev–Trinajstić information content (AvgIpc) is 2.81. The summed E-state index contributed by atoms with van der Waals surface area (Å²) in [7, 11) is -3.64. The number of pyridine rings is 1. The average molecular weight is 442 g/mol. The van der Waals surface area contributed by atoms with E-state index in [1.165, 1.54) is 10.5 Å². The number of sulfonamides is 1. The number of aromatic amines is 1. The Labute approximate surface area is 160 Å². The number of hydrogen-bond acceptors (Lipinski definition) is 5. The Morgan fingerprint density at radius 2 is 1.96 bits per heavy atom. The number of halogens is 1. The van der Waals surface area contributed by atoms with E-state index in [9.17, 15) is 13.2 Å². The van der Waals surface area contributed by atoms with Crippen molar-refractivity contribution >= 4 is 31.9 Å². The molecule has 8 nitrogen and oxygen atoms in total. The van der Waals surface area contributed by atoms with Gasteiger partial charge in [0.1, 0.15) is 4.90 Å². The van der Waals surface area contributed by atoms with E-state index in [-0.39, 0.29) is 17.3 Å². The summed E-state index contributed by atoms with van der Waals surface area (Å²) in [5, 5.41) is 6.70. The predicted octanol–water partition coefficient (Wildman–Crippen LogP) is 1.72. The maximum Gasteiger partial charge on any atom is 0.255 e. The summed E-state index contributed by atoms with van der Waals surface area (Å²) in [6, 6.07) is 1.72. The summed E-state index contributed by atoms with van der Waals surface area (Å²) in [6.45, 7) is 4.82. The van der Waals surface area contributed by atoms with Gasteiger partial charge in [-0.3, -0.25) is 14.9 Å². The molecule has 2 aromatic heterocycles. The Morgan fingerprint density at radius 3 is 2.62 bits per heavy atom. The van der Waals surface area contributed by atoms with Crippen LogP contribution >= 0.6 is 15.9 Å². The van der Waals surface area contributed by atoms with Gasteiger partial charge in [-0.15, -0.1) is 0 Å². The van der Waals surface area contributed by atoms with Crippen LogP contribution in [0.25, 0.3) is 0 Å². The van der Waals surface area contributed by atoms with Crippen LogP contribution in [0.2, 0.25) is 0 Å². The highest BCUT2D eigenvalue weighted by molar-refractivity contribution is 9.10. The van der Waals surface area contributed by atoms with Gasteiger partial charge in [-0.05, 0) is 42.3 Å². The molecule has 1 aliphatic heterocycles. The number of nitrogens with zero attached hydrogens (tertiary/aromatic N) is 4. The van der Waals surface area contributed by atoms with Crippen LogP contribution in [0.4, 0.5) is 0 Å². The summed E-state index contributed by atoms with van der Waals surface area (Å²) in [4.78, 5) is 18.6. The Morgan fingerprint density at radius 1 is 1.19 bits per heavy atom. The molecule has 3 rings (SSSR count). The van der Waals surface area contributed by atoms with Crippen LogP contribution in [-0.4, -0.2) is 64.9 Å². The molecular formula is C16H20BrN5O3S. The predicted molar refractivity (Wildman–Crippen MR) is 99.3 cm³/mol. The van der Waals surface area contributed by atoms with Crippen molar-refractivity contribution in [1.82, 2.24) is 24.4 Å². The number of hydrogen-bond donors (Lipinski definition) is 1. The number of rotatable bonds is 3. The lowest BCUT2D eigenvalue weighted by Crippen LogP contribution is -2.37. The highest BCUT2D eigenvalue weighted by atomic mass is 79.9. The number of aromatic nitrogens is 3. The fourth-order valence-electron chi connectivity index (χ4n) is 3.10. The highest BCUT2D eigenvalue weighted by Crippen LogP contribution is 2.23. The van der Waals surface area contributed by atoms with Crippen LogP contribution in [0.5, 0.6) is 0 Å². The second kappa shape index (κ2) is 7.45. The molecule has 0 saturated carbocycles. The van der Waals surface area contributed by atoms with Crippen LogP contribution in [-0.2, 0) is 10.0 Å². The standard InChI is InChI=1S/C16H20BrN5O3S/c1-11-15(12(2)20-19-11)26(24,25)22-5-3-4-21(6-7-22)16(23)13-8-14(17)10-18-9-13/h8-10H,3-7H2,1-2H3,(H,19,20). The second-order valence-electron chi connectivity index (χ2n) is 6.20. The fraction of sp³-hybridized carbons (Fsp3) is 0.438. The molecule has 0 aliphatic carbocycles. The van der Waals surface area contributed by atoms with Crippen LogP contribution in [0.1, 0.15) is 28.2 Å². The second-order valence-corrected chi connectivity index (χ2v) is 9.00. The van der Waals surface area contributed by atoms with Crippen molar-refractivity contribution in [2.75, 3.05) is 26.2 Å². The van der Waals surface area contributed by atoms with E-state index in [0.717, 1.165) is 4.47 Å². The van der Waals surface area contributed by atoms with E-state index < -0.39 is 10.0 Å². The van der Waals surface area contributed by atoms with Crippen molar-refractivity contribution in [3.05, 3.63) is 39.9 Å². The third-order valence-electron chi connectivity index (χ3n) is 4.35. The first kappa shape index (κ1) is 19.0. The monoisotopic (exact) mass is 441 g/mol.